The van der Waals surface area contributed by atoms with Crippen LogP contribution in [0.2, 0.25) is 0 Å². The normalized spacial score (nSPS) is 33.6. The summed E-state index contributed by atoms with van der Waals surface area (Å²) < 4.78 is 0. The van der Waals surface area contributed by atoms with Crippen molar-refractivity contribution >= 4 is 0 Å². The van der Waals surface area contributed by atoms with Gasteiger partial charge < -0.3 is 5.73 Å². The van der Waals surface area contributed by atoms with Crippen molar-refractivity contribution in [3.8, 4) is 0 Å². The Bertz CT molecular complexity index is 385. The molecule has 0 bridgehead atoms. The van der Waals surface area contributed by atoms with Crippen molar-refractivity contribution < 1.29 is 0 Å². The Labute approximate surface area is 105 Å². The minimum Gasteiger partial charge on any atom is -0.321 e. The summed E-state index contributed by atoms with van der Waals surface area (Å²) in [6, 6.07) is 8.87. The third kappa shape index (κ3) is 2.55. The predicted molar refractivity (Wildman–Crippen MR) is 73.9 cm³/mol. The third-order valence-corrected chi connectivity index (χ3v) is 4.61. The molecular weight excluding hydrogens is 206 g/mol. The highest BCUT2D eigenvalue weighted by molar-refractivity contribution is 5.30. The Balaban J connectivity index is 2.25. The second kappa shape index (κ2) is 4.81. The van der Waals surface area contributed by atoms with Crippen LogP contribution in [-0.4, -0.2) is 0 Å². The van der Waals surface area contributed by atoms with Crippen LogP contribution in [0.4, 0.5) is 0 Å². The zero-order chi connectivity index (χ0) is 12.5. The lowest BCUT2D eigenvalue weighted by Gasteiger charge is -2.40. The highest BCUT2D eigenvalue weighted by atomic mass is 14.8. The third-order valence-electron chi connectivity index (χ3n) is 4.61. The van der Waals surface area contributed by atoms with Gasteiger partial charge in [0.15, 0.2) is 0 Å². The van der Waals surface area contributed by atoms with Gasteiger partial charge in [-0.25, -0.2) is 0 Å². The van der Waals surface area contributed by atoms with E-state index in [2.05, 4.69) is 45.0 Å². The van der Waals surface area contributed by atoms with Crippen molar-refractivity contribution in [2.45, 2.75) is 52.0 Å². The smallest absolute Gasteiger partial charge is 0.0412 e. The predicted octanol–water partition coefficient (Wildman–Crippen LogP) is 3.86. The highest BCUT2D eigenvalue weighted by Crippen LogP contribution is 2.40. The topological polar surface area (TPSA) is 26.0 Å². The lowest BCUT2D eigenvalue weighted by atomic mass is 9.69. The van der Waals surface area contributed by atoms with Gasteiger partial charge in [-0.15, -0.1) is 0 Å². The molecule has 1 fully saturated rings. The summed E-state index contributed by atoms with van der Waals surface area (Å²) in [4.78, 5) is 0. The largest absolute Gasteiger partial charge is 0.321 e. The monoisotopic (exact) mass is 231 g/mol. The van der Waals surface area contributed by atoms with E-state index in [0.717, 1.165) is 31.1 Å². The van der Waals surface area contributed by atoms with Gasteiger partial charge in [-0.2, -0.15) is 0 Å². The van der Waals surface area contributed by atoms with E-state index in [1.807, 2.05) is 0 Å². The molecule has 1 nitrogen and oxygen atoms in total. The molecule has 17 heavy (non-hydrogen) atoms. The van der Waals surface area contributed by atoms with Crippen molar-refractivity contribution in [2.75, 3.05) is 0 Å². The summed E-state index contributed by atoms with van der Waals surface area (Å²) in [5.74, 6) is 1.56. The van der Waals surface area contributed by atoms with Gasteiger partial charge in [0.2, 0.25) is 0 Å². The van der Waals surface area contributed by atoms with Crippen LogP contribution in [0.3, 0.4) is 0 Å². The molecule has 3 unspecified atom stereocenters. The Morgan fingerprint density at radius 1 is 1.29 bits per heavy atom. The lowest BCUT2D eigenvalue weighted by molar-refractivity contribution is 0.177. The quantitative estimate of drug-likeness (QED) is 0.821. The summed E-state index contributed by atoms with van der Waals surface area (Å²) >= 11 is 0. The van der Waals surface area contributed by atoms with Crippen LogP contribution in [0, 0.1) is 11.8 Å². The molecule has 1 saturated carbocycles. The molecule has 1 aromatic rings. The fraction of sp³-hybridized carbons (Fsp3) is 0.625. The molecule has 1 heteroatoms. The molecule has 0 aliphatic heterocycles. The van der Waals surface area contributed by atoms with Crippen molar-refractivity contribution in [3.05, 3.63) is 35.4 Å². The van der Waals surface area contributed by atoms with Gasteiger partial charge >= 0.3 is 0 Å². The lowest BCUT2D eigenvalue weighted by Crippen LogP contribution is -2.43. The first kappa shape index (κ1) is 12.6. The maximum absolute atomic E-state index is 6.66. The number of nitrogens with two attached hydrogens (primary N) is 1. The van der Waals surface area contributed by atoms with Crippen LogP contribution in [0.5, 0.6) is 0 Å². The molecule has 3 atom stereocenters. The maximum Gasteiger partial charge on any atom is 0.0412 e. The van der Waals surface area contributed by atoms with Gasteiger partial charge in [-0.1, -0.05) is 45.0 Å². The Morgan fingerprint density at radius 2 is 2.06 bits per heavy atom. The van der Waals surface area contributed by atoms with Gasteiger partial charge in [0, 0.05) is 5.54 Å². The molecule has 1 aliphatic carbocycles. The van der Waals surface area contributed by atoms with Crippen LogP contribution in [-0.2, 0) is 12.0 Å². The average Bonchev–Trinajstić information content (AvgIpc) is 2.34. The molecule has 0 saturated heterocycles. The Kier molecular flexibility index (Phi) is 3.58. The van der Waals surface area contributed by atoms with E-state index in [1.54, 1.807) is 0 Å². The van der Waals surface area contributed by atoms with Gasteiger partial charge in [-0.05, 0) is 48.6 Å². The zero-order valence-electron chi connectivity index (χ0n) is 11.4. The van der Waals surface area contributed by atoms with E-state index in [1.165, 1.54) is 17.5 Å². The van der Waals surface area contributed by atoms with Crippen molar-refractivity contribution in [1.29, 1.82) is 0 Å². The van der Waals surface area contributed by atoms with Gasteiger partial charge in [0.25, 0.3) is 0 Å². The minimum atomic E-state index is -0.0862. The molecule has 94 valence electrons. The Morgan fingerprint density at radius 3 is 2.71 bits per heavy atom. The van der Waals surface area contributed by atoms with E-state index >= 15 is 0 Å². The van der Waals surface area contributed by atoms with Crippen molar-refractivity contribution in [2.24, 2.45) is 17.6 Å². The van der Waals surface area contributed by atoms with Gasteiger partial charge in [0.05, 0.1) is 0 Å². The fourth-order valence-corrected chi connectivity index (χ4v) is 3.01. The first-order valence-corrected chi connectivity index (χ1v) is 6.93. The van der Waals surface area contributed by atoms with Crippen LogP contribution in [0.25, 0.3) is 0 Å². The number of rotatable bonds is 2. The van der Waals surface area contributed by atoms with Crippen LogP contribution in [0.15, 0.2) is 24.3 Å². The van der Waals surface area contributed by atoms with Crippen LogP contribution in [0.1, 0.15) is 51.2 Å². The van der Waals surface area contributed by atoms with E-state index in [0.29, 0.717) is 0 Å². The van der Waals surface area contributed by atoms with Crippen LogP contribution < -0.4 is 5.73 Å². The first-order valence-electron chi connectivity index (χ1n) is 6.93. The summed E-state index contributed by atoms with van der Waals surface area (Å²) in [6.45, 7) is 6.90. The highest BCUT2D eigenvalue weighted by Gasteiger charge is 2.35. The van der Waals surface area contributed by atoms with Crippen LogP contribution >= 0.6 is 0 Å². The van der Waals surface area contributed by atoms with Crippen molar-refractivity contribution in [3.63, 3.8) is 0 Å². The molecule has 0 spiro atoms. The number of aryl methyl sites for hydroxylation is 1. The molecule has 2 rings (SSSR count). The van der Waals surface area contributed by atoms with Gasteiger partial charge in [-0.3, -0.25) is 0 Å². The summed E-state index contributed by atoms with van der Waals surface area (Å²) in [5.41, 5.74) is 9.32. The zero-order valence-corrected chi connectivity index (χ0v) is 11.4. The SMILES string of the molecule is CCc1cccc(C2(N)CCC(C)C(C)C2)c1. The van der Waals surface area contributed by atoms with E-state index in [-0.39, 0.29) is 5.54 Å². The van der Waals surface area contributed by atoms with E-state index in [4.69, 9.17) is 5.73 Å². The molecule has 1 aliphatic rings. The average molecular weight is 231 g/mol. The molecule has 0 heterocycles. The molecule has 0 aromatic heterocycles. The molecule has 0 radical (unpaired) electrons. The summed E-state index contributed by atoms with van der Waals surface area (Å²) in [5, 5.41) is 0. The second-order valence-corrected chi connectivity index (χ2v) is 5.91. The maximum atomic E-state index is 6.66. The standard InChI is InChI=1S/C16H25N/c1-4-14-6-5-7-15(10-14)16(17)9-8-12(2)13(3)11-16/h5-7,10,12-13H,4,8-9,11,17H2,1-3H3. The van der Waals surface area contributed by atoms with E-state index in [9.17, 15) is 0 Å². The van der Waals surface area contributed by atoms with E-state index < -0.39 is 0 Å². The number of benzene rings is 1. The Hall–Kier alpha value is -0.820. The number of hydrogen-bond acceptors (Lipinski definition) is 1. The second-order valence-electron chi connectivity index (χ2n) is 5.91. The molecule has 1 aromatic carbocycles. The molecule has 0 amide bonds. The minimum absolute atomic E-state index is 0.0862. The number of hydrogen-bond donors (Lipinski definition) is 1. The van der Waals surface area contributed by atoms with Gasteiger partial charge in [0.1, 0.15) is 0 Å². The summed E-state index contributed by atoms with van der Waals surface area (Å²) in [6.07, 6.45) is 4.61. The first-order chi connectivity index (χ1) is 8.05. The molecule has 2 N–H and O–H groups in total. The molecular formula is C16H25N. The van der Waals surface area contributed by atoms with Crippen molar-refractivity contribution in [1.82, 2.24) is 0 Å². The summed E-state index contributed by atoms with van der Waals surface area (Å²) in [7, 11) is 0. The fourth-order valence-electron chi connectivity index (χ4n) is 3.01.